The van der Waals surface area contributed by atoms with Crippen molar-refractivity contribution in [3.63, 3.8) is 0 Å². The third-order valence-corrected chi connectivity index (χ3v) is 9.48. The summed E-state index contributed by atoms with van der Waals surface area (Å²) in [7, 11) is -2.25. The molecule has 1 aromatic rings. The highest BCUT2D eigenvalue weighted by molar-refractivity contribution is 6.74. The molecule has 0 saturated heterocycles. The Kier molecular flexibility index (Phi) is 8.44. The van der Waals surface area contributed by atoms with Gasteiger partial charge in [-0.15, -0.1) is 0 Å². The molecule has 0 aliphatic heterocycles. The van der Waals surface area contributed by atoms with Crippen molar-refractivity contribution >= 4 is 32.2 Å². The molecule has 0 radical (unpaired) electrons. The van der Waals surface area contributed by atoms with Crippen molar-refractivity contribution in [1.29, 1.82) is 0 Å². The fraction of sp³-hybridized carbons (Fsp3) is 0.619. The lowest BCUT2D eigenvalue weighted by Crippen LogP contribution is -2.51. The number of hydrogen-bond acceptors (Lipinski definition) is 5. The molecule has 0 aromatic heterocycles. The van der Waals surface area contributed by atoms with Gasteiger partial charge in [-0.05, 0) is 56.6 Å². The topological polar surface area (TPSA) is 64.6 Å². The van der Waals surface area contributed by atoms with E-state index in [-0.39, 0.29) is 11.6 Å². The molecule has 2 atom stereocenters. The summed E-state index contributed by atoms with van der Waals surface area (Å²) in [6.07, 6.45) is 0.0908. The molecule has 28 heavy (non-hydrogen) atoms. The second-order valence-electron chi connectivity index (χ2n) is 9.44. The van der Waals surface area contributed by atoms with E-state index in [1.807, 2.05) is 32.9 Å². The molecule has 1 rings (SSSR count). The van der Waals surface area contributed by atoms with Crippen LogP contribution in [-0.2, 0) is 18.8 Å². The van der Waals surface area contributed by atoms with Gasteiger partial charge in [0.15, 0.2) is 8.32 Å². The van der Waals surface area contributed by atoms with E-state index in [9.17, 15) is 9.59 Å². The van der Waals surface area contributed by atoms with E-state index in [0.717, 1.165) is 11.8 Å². The molecule has 0 fully saturated rings. The van der Waals surface area contributed by atoms with Gasteiger partial charge in [0.05, 0.1) is 12.6 Å². The first kappa shape index (κ1) is 24.8. The van der Waals surface area contributed by atoms with Crippen LogP contribution < -0.4 is 5.32 Å². The number of aldehydes is 1. The highest BCUT2D eigenvalue weighted by Crippen LogP contribution is 2.41. The SMILES string of the molecule is CC(C)(C)OC(=O)C(NCC=O)[C@H](O[Si](C)(C)C(C)(C)C)c1cccc(Cl)c1. The van der Waals surface area contributed by atoms with Crippen LogP contribution in [0.5, 0.6) is 0 Å². The van der Waals surface area contributed by atoms with Crippen LogP contribution in [0.3, 0.4) is 0 Å². The molecule has 7 heteroatoms. The van der Waals surface area contributed by atoms with Crippen LogP contribution in [0.25, 0.3) is 0 Å². The minimum absolute atomic E-state index is 0.0157. The first-order chi connectivity index (χ1) is 12.7. The monoisotopic (exact) mass is 427 g/mol. The highest BCUT2D eigenvalue weighted by Gasteiger charge is 2.43. The lowest BCUT2D eigenvalue weighted by molar-refractivity contribution is -0.160. The molecule has 1 N–H and O–H groups in total. The molecule has 0 bridgehead atoms. The summed E-state index contributed by atoms with van der Waals surface area (Å²) >= 11 is 6.21. The van der Waals surface area contributed by atoms with E-state index in [4.69, 9.17) is 20.8 Å². The van der Waals surface area contributed by atoms with Crippen molar-refractivity contribution in [2.75, 3.05) is 6.54 Å². The largest absolute Gasteiger partial charge is 0.459 e. The standard InChI is InChI=1S/C21H34ClNO4Si/c1-20(2,3)26-19(25)17(23-12-13-24)18(15-10-9-11-16(22)14-15)27-28(7,8)21(4,5)6/h9-11,13-14,17-18,23H,12H2,1-8H3/t17?,18-/m1/s1. The highest BCUT2D eigenvalue weighted by atomic mass is 35.5. The number of nitrogens with one attached hydrogen (secondary N) is 1. The van der Waals surface area contributed by atoms with Crippen LogP contribution in [0.1, 0.15) is 53.2 Å². The zero-order valence-corrected chi connectivity index (χ0v) is 20.0. The van der Waals surface area contributed by atoms with Gasteiger partial charge in [0.1, 0.15) is 17.9 Å². The van der Waals surface area contributed by atoms with Crippen molar-refractivity contribution in [3.8, 4) is 0 Å². The zero-order chi connectivity index (χ0) is 21.8. The van der Waals surface area contributed by atoms with E-state index in [0.29, 0.717) is 5.02 Å². The van der Waals surface area contributed by atoms with Gasteiger partial charge in [0.25, 0.3) is 0 Å². The third kappa shape index (κ3) is 7.31. The van der Waals surface area contributed by atoms with Crippen molar-refractivity contribution < 1.29 is 18.8 Å². The second kappa shape index (κ2) is 9.52. The van der Waals surface area contributed by atoms with Gasteiger partial charge in [-0.3, -0.25) is 10.1 Å². The number of esters is 1. The number of carbonyl (C=O) groups excluding carboxylic acids is 2. The van der Waals surface area contributed by atoms with Crippen molar-refractivity contribution in [3.05, 3.63) is 34.9 Å². The van der Waals surface area contributed by atoms with E-state index in [1.54, 1.807) is 12.1 Å². The van der Waals surface area contributed by atoms with E-state index in [2.05, 4.69) is 39.2 Å². The zero-order valence-electron chi connectivity index (χ0n) is 18.3. The Morgan fingerprint density at radius 1 is 1.21 bits per heavy atom. The van der Waals surface area contributed by atoms with Gasteiger partial charge in [0, 0.05) is 5.02 Å². The maximum absolute atomic E-state index is 13.0. The Hall–Kier alpha value is -1.21. The van der Waals surface area contributed by atoms with Gasteiger partial charge in [0.2, 0.25) is 0 Å². The molecule has 5 nitrogen and oxygen atoms in total. The molecule has 0 heterocycles. The Balaban J connectivity index is 3.41. The number of rotatable bonds is 8. The summed E-state index contributed by atoms with van der Waals surface area (Å²) in [6, 6.07) is 6.43. The number of halogens is 1. The summed E-state index contributed by atoms with van der Waals surface area (Å²) < 4.78 is 12.3. The maximum atomic E-state index is 13.0. The molecule has 0 spiro atoms. The Morgan fingerprint density at radius 3 is 2.29 bits per heavy atom. The van der Waals surface area contributed by atoms with Gasteiger partial charge in [-0.1, -0.05) is 44.5 Å². The average Bonchev–Trinajstić information content (AvgIpc) is 2.51. The average molecular weight is 428 g/mol. The molecule has 0 aliphatic carbocycles. The molecule has 158 valence electrons. The molecule has 0 saturated carbocycles. The summed E-state index contributed by atoms with van der Waals surface area (Å²) in [4.78, 5) is 24.0. The van der Waals surface area contributed by atoms with Crippen molar-refractivity contribution in [1.82, 2.24) is 5.32 Å². The molecule has 1 aromatic carbocycles. The van der Waals surface area contributed by atoms with Gasteiger partial charge in [-0.25, -0.2) is 0 Å². The van der Waals surface area contributed by atoms with Crippen LogP contribution in [0.4, 0.5) is 0 Å². The summed E-state index contributed by atoms with van der Waals surface area (Å²) in [6.45, 7) is 16.1. The number of carbonyl (C=O) groups is 2. The predicted octanol–water partition coefficient (Wildman–Crippen LogP) is 4.90. The Labute approximate surface area is 175 Å². The quantitative estimate of drug-likeness (QED) is 0.363. The first-order valence-corrected chi connectivity index (χ1v) is 12.8. The number of benzene rings is 1. The number of ether oxygens (including phenoxy) is 1. The molecular weight excluding hydrogens is 394 g/mol. The van der Waals surface area contributed by atoms with Gasteiger partial charge >= 0.3 is 5.97 Å². The number of hydrogen-bond donors (Lipinski definition) is 1. The van der Waals surface area contributed by atoms with Crippen molar-refractivity contribution in [2.45, 2.75) is 77.4 Å². The van der Waals surface area contributed by atoms with Crippen LogP contribution in [0.2, 0.25) is 23.2 Å². The van der Waals surface area contributed by atoms with Crippen LogP contribution in [0, 0.1) is 0 Å². The summed E-state index contributed by atoms with van der Waals surface area (Å²) in [5, 5.41) is 3.49. The van der Waals surface area contributed by atoms with E-state index >= 15 is 0 Å². The Bertz CT molecular complexity index is 680. The van der Waals surface area contributed by atoms with Crippen LogP contribution in [-0.4, -0.2) is 38.8 Å². The van der Waals surface area contributed by atoms with Crippen LogP contribution >= 0.6 is 11.6 Å². The lowest BCUT2D eigenvalue weighted by atomic mass is 10.0. The first-order valence-electron chi connectivity index (χ1n) is 9.51. The molecule has 0 amide bonds. The van der Waals surface area contributed by atoms with Gasteiger partial charge < -0.3 is 14.0 Å². The normalized spacial score (nSPS) is 15.0. The fourth-order valence-corrected chi connectivity index (χ4v) is 3.82. The summed E-state index contributed by atoms with van der Waals surface area (Å²) in [5.41, 5.74) is 0.111. The molecule has 0 aliphatic rings. The van der Waals surface area contributed by atoms with Crippen LogP contribution in [0.15, 0.2) is 24.3 Å². The van der Waals surface area contributed by atoms with E-state index < -0.39 is 32.0 Å². The van der Waals surface area contributed by atoms with Crippen molar-refractivity contribution in [2.24, 2.45) is 0 Å². The minimum Gasteiger partial charge on any atom is -0.459 e. The maximum Gasteiger partial charge on any atom is 0.326 e. The fourth-order valence-electron chi connectivity index (χ4n) is 2.36. The Morgan fingerprint density at radius 2 is 1.82 bits per heavy atom. The summed E-state index contributed by atoms with van der Waals surface area (Å²) in [5.74, 6) is -0.460. The van der Waals surface area contributed by atoms with Gasteiger partial charge in [-0.2, -0.15) is 0 Å². The predicted molar refractivity (Wildman–Crippen MR) is 116 cm³/mol. The smallest absolute Gasteiger partial charge is 0.326 e. The molecular formula is C21H34ClNO4Si. The lowest BCUT2D eigenvalue weighted by Gasteiger charge is -2.41. The molecule has 1 unspecified atom stereocenters. The second-order valence-corrected chi connectivity index (χ2v) is 14.6. The van der Waals surface area contributed by atoms with E-state index in [1.165, 1.54) is 0 Å². The minimum atomic E-state index is -2.25. The third-order valence-electron chi connectivity index (χ3n) is 4.79.